The van der Waals surface area contributed by atoms with E-state index in [4.69, 9.17) is 5.26 Å². The minimum atomic E-state index is -3.27. The first-order valence-corrected chi connectivity index (χ1v) is 6.48. The number of benzene rings is 1. The van der Waals surface area contributed by atoms with Crippen molar-refractivity contribution < 1.29 is 12.8 Å². The second-order valence-electron chi connectivity index (χ2n) is 3.26. The standard InChI is InChI=1S/C10H12FN3O2S/c1-13-17(15,16)5-4-14-9-3-2-8(7-12)10(11)6-9/h2-3,6,13-14H,4-5H2,1H3. The molecule has 0 aromatic heterocycles. The minimum Gasteiger partial charge on any atom is -0.384 e. The molecule has 0 bridgehead atoms. The van der Waals surface area contributed by atoms with Gasteiger partial charge in [-0.3, -0.25) is 0 Å². The number of sulfonamides is 1. The van der Waals surface area contributed by atoms with Gasteiger partial charge in [0.25, 0.3) is 0 Å². The van der Waals surface area contributed by atoms with E-state index in [1.165, 1.54) is 19.2 Å². The third-order valence-electron chi connectivity index (χ3n) is 2.10. The molecule has 0 saturated carbocycles. The molecular weight excluding hydrogens is 245 g/mol. The molecule has 0 atom stereocenters. The average Bonchev–Trinajstić information content (AvgIpc) is 2.29. The fourth-order valence-electron chi connectivity index (χ4n) is 1.15. The van der Waals surface area contributed by atoms with Crippen LogP contribution in [-0.2, 0) is 10.0 Å². The molecule has 0 radical (unpaired) electrons. The second kappa shape index (κ2) is 5.61. The van der Waals surface area contributed by atoms with Gasteiger partial charge in [-0.15, -0.1) is 0 Å². The summed E-state index contributed by atoms with van der Waals surface area (Å²) in [5, 5.41) is 11.3. The first-order chi connectivity index (χ1) is 7.98. The van der Waals surface area contributed by atoms with Crippen LogP contribution in [-0.4, -0.2) is 27.8 Å². The largest absolute Gasteiger partial charge is 0.384 e. The lowest BCUT2D eigenvalue weighted by atomic mass is 10.2. The van der Waals surface area contributed by atoms with Crippen molar-refractivity contribution >= 4 is 15.7 Å². The van der Waals surface area contributed by atoms with Gasteiger partial charge in [0.15, 0.2) is 0 Å². The minimum absolute atomic E-state index is 0.0432. The zero-order chi connectivity index (χ0) is 12.9. The number of hydrogen-bond donors (Lipinski definition) is 2. The summed E-state index contributed by atoms with van der Waals surface area (Å²) in [7, 11) is -1.94. The Morgan fingerprint density at radius 1 is 1.47 bits per heavy atom. The summed E-state index contributed by atoms with van der Waals surface area (Å²) < 4.78 is 37.5. The van der Waals surface area contributed by atoms with Crippen molar-refractivity contribution in [2.75, 3.05) is 24.7 Å². The summed E-state index contributed by atoms with van der Waals surface area (Å²) in [6.45, 7) is 0.161. The molecule has 0 aliphatic rings. The predicted octanol–water partition coefficient (Wildman–Crippen LogP) is 0.658. The second-order valence-corrected chi connectivity index (χ2v) is 5.30. The van der Waals surface area contributed by atoms with Crippen LogP contribution in [0.5, 0.6) is 0 Å². The fourth-order valence-corrected chi connectivity index (χ4v) is 1.72. The molecule has 0 aliphatic heterocycles. The van der Waals surface area contributed by atoms with Gasteiger partial charge in [-0.05, 0) is 25.2 Å². The lowest BCUT2D eigenvalue weighted by Gasteiger charge is -2.07. The summed E-state index contributed by atoms with van der Waals surface area (Å²) in [5.74, 6) is -0.737. The predicted molar refractivity (Wildman–Crippen MR) is 62.5 cm³/mol. The SMILES string of the molecule is CNS(=O)(=O)CCNc1ccc(C#N)c(F)c1. The highest BCUT2D eigenvalue weighted by Crippen LogP contribution is 2.13. The Bertz CT molecular complexity index is 537. The fraction of sp³-hybridized carbons (Fsp3) is 0.300. The van der Waals surface area contributed by atoms with Crippen molar-refractivity contribution in [1.29, 1.82) is 5.26 Å². The van der Waals surface area contributed by atoms with Gasteiger partial charge >= 0.3 is 0 Å². The Balaban J connectivity index is 2.60. The Morgan fingerprint density at radius 2 is 2.18 bits per heavy atom. The van der Waals surface area contributed by atoms with E-state index < -0.39 is 15.8 Å². The highest BCUT2D eigenvalue weighted by molar-refractivity contribution is 7.89. The maximum absolute atomic E-state index is 13.2. The molecule has 0 amide bonds. The van der Waals surface area contributed by atoms with Crippen molar-refractivity contribution in [3.05, 3.63) is 29.6 Å². The molecule has 0 saturated heterocycles. The third-order valence-corrected chi connectivity index (χ3v) is 3.46. The summed E-state index contributed by atoms with van der Waals surface area (Å²) in [6, 6.07) is 5.72. The van der Waals surface area contributed by atoms with E-state index in [9.17, 15) is 12.8 Å². The molecule has 0 unspecified atom stereocenters. The molecule has 1 aromatic rings. The lowest BCUT2D eigenvalue weighted by Crippen LogP contribution is -2.26. The molecule has 0 spiro atoms. The van der Waals surface area contributed by atoms with E-state index in [2.05, 4.69) is 10.0 Å². The van der Waals surface area contributed by atoms with Crippen LogP contribution < -0.4 is 10.0 Å². The van der Waals surface area contributed by atoms with Crippen molar-refractivity contribution in [2.24, 2.45) is 0 Å². The first-order valence-electron chi connectivity index (χ1n) is 4.83. The molecule has 0 aliphatic carbocycles. The van der Waals surface area contributed by atoms with Crippen LogP contribution in [0.1, 0.15) is 5.56 Å². The Hall–Kier alpha value is -1.65. The number of hydrogen-bond acceptors (Lipinski definition) is 4. The van der Waals surface area contributed by atoms with Gasteiger partial charge in [0, 0.05) is 12.2 Å². The van der Waals surface area contributed by atoms with E-state index in [0.29, 0.717) is 5.69 Å². The molecule has 0 fully saturated rings. The summed E-state index contributed by atoms with van der Waals surface area (Å²) >= 11 is 0. The molecule has 1 aromatic carbocycles. The Labute approximate surface area is 99.3 Å². The number of rotatable bonds is 5. The van der Waals surface area contributed by atoms with Gasteiger partial charge in [0.1, 0.15) is 11.9 Å². The van der Waals surface area contributed by atoms with Crippen molar-refractivity contribution in [3.8, 4) is 6.07 Å². The molecule has 1 rings (SSSR count). The van der Waals surface area contributed by atoms with E-state index in [0.717, 1.165) is 6.07 Å². The zero-order valence-corrected chi connectivity index (χ0v) is 10.0. The number of nitrogens with one attached hydrogen (secondary N) is 2. The zero-order valence-electron chi connectivity index (χ0n) is 9.20. The van der Waals surface area contributed by atoms with Crippen molar-refractivity contribution in [3.63, 3.8) is 0 Å². The van der Waals surface area contributed by atoms with Crippen LogP contribution in [0.15, 0.2) is 18.2 Å². The highest BCUT2D eigenvalue weighted by atomic mass is 32.2. The van der Waals surface area contributed by atoms with E-state index in [-0.39, 0.29) is 17.9 Å². The van der Waals surface area contributed by atoms with E-state index >= 15 is 0 Å². The Kier molecular flexibility index (Phi) is 4.43. The van der Waals surface area contributed by atoms with E-state index in [1.54, 1.807) is 6.07 Å². The molecule has 5 nitrogen and oxygen atoms in total. The molecular formula is C10H12FN3O2S. The average molecular weight is 257 g/mol. The van der Waals surface area contributed by atoms with Gasteiger partial charge in [0.05, 0.1) is 11.3 Å². The highest BCUT2D eigenvalue weighted by Gasteiger charge is 2.06. The molecule has 7 heteroatoms. The quantitative estimate of drug-likeness (QED) is 0.811. The number of nitrogens with zero attached hydrogens (tertiary/aromatic N) is 1. The summed E-state index contributed by atoms with van der Waals surface area (Å²) in [4.78, 5) is 0. The van der Waals surface area contributed by atoms with Gasteiger partial charge in [-0.25, -0.2) is 17.5 Å². The maximum atomic E-state index is 13.2. The van der Waals surface area contributed by atoms with Gasteiger partial charge in [-0.1, -0.05) is 0 Å². The molecule has 92 valence electrons. The maximum Gasteiger partial charge on any atom is 0.213 e. The van der Waals surface area contributed by atoms with Crippen LogP contribution in [0.25, 0.3) is 0 Å². The van der Waals surface area contributed by atoms with Gasteiger partial charge in [0.2, 0.25) is 10.0 Å². The number of halogens is 1. The van der Waals surface area contributed by atoms with Crippen LogP contribution in [0, 0.1) is 17.1 Å². The van der Waals surface area contributed by atoms with Crippen LogP contribution in [0.4, 0.5) is 10.1 Å². The Morgan fingerprint density at radius 3 is 2.71 bits per heavy atom. The van der Waals surface area contributed by atoms with Crippen LogP contribution >= 0.6 is 0 Å². The number of nitriles is 1. The van der Waals surface area contributed by atoms with Crippen LogP contribution in [0.2, 0.25) is 0 Å². The van der Waals surface area contributed by atoms with Gasteiger partial charge in [-0.2, -0.15) is 5.26 Å². The molecule has 2 N–H and O–H groups in total. The first kappa shape index (κ1) is 13.4. The summed E-state index contributed by atoms with van der Waals surface area (Å²) in [5.41, 5.74) is 0.395. The summed E-state index contributed by atoms with van der Waals surface area (Å²) in [6.07, 6.45) is 0. The number of anilines is 1. The smallest absolute Gasteiger partial charge is 0.213 e. The monoisotopic (exact) mass is 257 g/mol. The molecule has 17 heavy (non-hydrogen) atoms. The van der Waals surface area contributed by atoms with Crippen molar-refractivity contribution in [2.45, 2.75) is 0 Å². The third kappa shape index (κ3) is 4.01. The normalized spacial score (nSPS) is 10.9. The lowest BCUT2D eigenvalue weighted by molar-refractivity contribution is 0.588. The van der Waals surface area contributed by atoms with E-state index in [1.807, 2.05) is 0 Å². The topological polar surface area (TPSA) is 82.0 Å². The molecule has 0 heterocycles. The van der Waals surface area contributed by atoms with Crippen molar-refractivity contribution in [1.82, 2.24) is 4.72 Å². The van der Waals surface area contributed by atoms with Crippen LogP contribution in [0.3, 0.4) is 0 Å². The van der Waals surface area contributed by atoms with Gasteiger partial charge < -0.3 is 5.32 Å².